The van der Waals surface area contributed by atoms with Crippen LogP contribution in [0.1, 0.15) is 27.9 Å². The van der Waals surface area contributed by atoms with E-state index in [0.29, 0.717) is 17.5 Å². The number of aromatic amines is 1. The fourth-order valence-corrected chi connectivity index (χ4v) is 2.98. The number of benzene rings is 2. The summed E-state index contributed by atoms with van der Waals surface area (Å²) in [4.78, 5) is 29.6. The van der Waals surface area contributed by atoms with Crippen LogP contribution in [0.3, 0.4) is 0 Å². The van der Waals surface area contributed by atoms with Gasteiger partial charge in [0, 0.05) is 29.8 Å². The molecule has 140 valence electrons. The van der Waals surface area contributed by atoms with E-state index in [4.69, 9.17) is 5.11 Å². The van der Waals surface area contributed by atoms with Gasteiger partial charge in [-0.25, -0.2) is 4.39 Å². The molecule has 1 aromatic heterocycles. The summed E-state index contributed by atoms with van der Waals surface area (Å²) >= 11 is 0. The number of carbonyl (C=O) groups is 1. The minimum atomic E-state index is -0.421. The summed E-state index contributed by atoms with van der Waals surface area (Å²) in [6.07, 6.45) is 0.386. The number of fused-ring (bicyclic) bond motifs is 1. The molecule has 1 heterocycles. The number of hydrogen-bond acceptors (Lipinski definition) is 3. The molecule has 0 unspecified atom stereocenters. The number of H-pyrrole nitrogens is 1. The highest BCUT2D eigenvalue weighted by Crippen LogP contribution is 2.15. The molecule has 0 spiro atoms. The van der Waals surface area contributed by atoms with E-state index in [1.54, 1.807) is 6.07 Å². The number of rotatable bonds is 6. The number of aryl methyl sites for hydroxylation is 1. The van der Waals surface area contributed by atoms with Crippen molar-refractivity contribution in [1.29, 1.82) is 0 Å². The molecule has 0 saturated heterocycles. The van der Waals surface area contributed by atoms with E-state index >= 15 is 0 Å². The Morgan fingerprint density at radius 2 is 1.89 bits per heavy atom. The fourth-order valence-electron chi connectivity index (χ4n) is 2.98. The van der Waals surface area contributed by atoms with E-state index in [0.717, 1.165) is 16.5 Å². The molecule has 0 aliphatic rings. The van der Waals surface area contributed by atoms with Crippen LogP contribution in [0.25, 0.3) is 10.9 Å². The Balaban J connectivity index is 1.93. The smallest absolute Gasteiger partial charge is 0.254 e. The first-order valence-corrected chi connectivity index (χ1v) is 8.76. The molecule has 27 heavy (non-hydrogen) atoms. The van der Waals surface area contributed by atoms with Gasteiger partial charge in [0.25, 0.3) is 11.5 Å². The second-order valence-electron chi connectivity index (χ2n) is 6.53. The lowest BCUT2D eigenvalue weighted by atomic mass is 10.1. The number of carbonyl (C=O) groups excluding carboxylic acids is 1. The Kier molecular flexibility index (Phi) is 5.66. The fraction of sp³-hybridized carbons (Fsp3) is 0.238. The van der Waals surface area contributed by atoms with Crippen molar-refractivity contribution in [2.75, 3.05) is 13.2 Å². The third kappa shape index (κ3) is 4.41. The topological polar surface area (TPSA) is 73.4 Å². The van der Waals surface area contributed by atoms with Gasteiger partial charge in [-0.15, -0.1) is 0 Å². The molecule has 5 nitrogen and oxygen atoms in total. The summed E-state index contributed by atoms with van der Waals surface area (Å²) in [5.74, 6) is -0.734. The molecule has 1 amide bonds. The van der Waals surface area contributed by atoms with Gasteiger partial charge in [-0.2, -0.15) is 0 Å². The van der Waals surface area contributed by atoms with Gasteiger partial charge < -0.3 is 15.0 Å². The summed E-state index contributed by atoms with van der Waals surface area (Å²) in [5.41, 5.74) is 2.34. The van der Waals surface area contributed by atoms with Gasteiger partial charge in [0.2, 0.25) is 0 Å². The second-order valence-corrected chi connectivity index (χ2v) is 6.53. The lowest BCUT2D eigenvalue weighted by molar-refractivity contribution is 0.0731. The molecule has 3 rings (SSSR count). The highest BCUT2D eigenvalue weighted by Gasteiger charge is 2.18. The Labute approximate surface area is 156 Å². The van der Waals surface area contributed by atoms with E-state index in [1.807, 2.05) is 25.1 Å². The zero-order chi connectivity index (χ0) is 19.4. The maximum absolute atomic E-state index is 13.1. The van der Waals surface area contributed by atoms with E-state index in [1.165, 1.54) is 29.2 Å². The average Bonchev–Trinajstić information content (AvgIpc) is 2.66. The van der Waals surface area contributed by atoms with E-state index in [-0.39, 0.29) is 31.2 Å². The van der Waals surface area contributed by atoms with E-state index in [2.05, 4.69) is 4.98 Å². The molecule has 2 N–H and O–H groups in total. The van der Waals surface area contributed by atoms with Crippen molar-refractivity contribution < 1.29 is 14.3 Å². The van der Waals surface area contributed by atoms with Gasteiger partial charge in [0.15, 0.2) is 0 Å². The zero-order valence-corrected chi connectivity index (χ0v) is 15.0. The number of aliphatic hydroxyl groups is 1. The number of aliphatic hydroxyl groups excluding tert-OH is 1. The van der Waals surface area contributed by atoms with E-state index < -0.39 is 5.82 Å². The van der Waals surface area contributed by atoms with Gasteiger partial charge in [0.1, 0.15) is 5.82 Å². The highest BCUT2D eigenvalue weighted by atomic mass is 19.1. The predicted molar refractivity (Wildman–Crippen MR) is 102 cm³/mol. The maximum Gasteiger partial charge on any atom is 0.254 e. The first-order chi connectivity index (χ1) is 13.0. The monoisotopic (exact) mass is 368 g/mol. The number of hydrogen-bond donors (Lipinski definition) is 2. The number of aromatic nitrogens is 1. The number of pyridine rings is 1. The van der Waals surface area contributed by atoms with Crippen LogP contribution in [-0.2, 0) is 6.54 Å². The molecule has 2 aromatic carbocycles. The van der Waals surface area contributed by atoms with Crippen molar-refractivity contribution in [2.45, 2.75) is 19.9 Å². The van der Waals surface area contributed by atoms with Gasteiger partial charge in [-0.1, -0.05) is 11.6 Å². The minimum absolute atomic E-state index is 0.0690. The molecule has 0 atom stereocenters. The second kappa shape index (κ2) is 8.14. The lowest BCUT2D eigenvalue weighted by Gasteiger charge is -2.22. The van der Waals surface area contributed by atoms with Crippen molar-refractivity contribution in [3.8, 4) is 0 Å². The average molecular weight is 368 g/mol. The van der Waals surface area contributed by atoms with E-state index in [9.17, 15) is 14.0 Å². The summed E-state index contributed by atoms with van der Waals surface area (Å²) in [6.45, 7) is 2.30. The summed E-state index contributed by atoms with van der Waals surface area (Å²) in [6, 6.07) is 12.8. The standard InChI is InChI=1S/C21H21FN2O3/c1-14-3-8-19-16(11-14)12-17(20(26)23-19)13-24(9-2-10-25)21(27)15-4-6-18(22)7-5-15/h3-8,11-12,25H,2,9-10,13H2,1H3,(H,23,26). The predicted octanol–water partition coefficient (Wildman–Crippen LogP) is 3.00. The molecule has 0 saturated carbocycles. The summed E-state index contributed by atoms with van der Waals surface area (Å²) in [5, 5.41) is 10.0. The Hall–Kier alpha value is -2.99. The third-order valence-corrected chi connectivity index (χ3v) is 4.40. The van der Waals surface area contributed by atoms with Crippen molar-refractivity contribution in [2.24, 2.45) is 0 Å². The maximum atomic E-state index is 13.1. The number of nitrogens with one attached hydrogen (secondary N) is 1. The van der Waals surface area contributed by atoms with Gasteiger partial charge in [0.05, 0.1) is 6.54 Å². The van der Waals surface area contributed by atoms with Crippen LogP contribution < -0.4 is 5.56 Å². The van der Waals surface area contributed by atoms with Gasteiger partial charge in [-0.05, 0) is 61.2 Å². The normalized spacial score (nSPS) is 10.9. The first kappa shape index (κ1) is 18.8. The number of halogens is 1. The number of nitrogens with zero attached hydrogens (tertiary/aromatic N) is 1. The molecule has 0 aliphatic heterocycles. The van der Waals surface area contributed by atoms with Crippen molar-refractivity contribution in [3.05, 3.63) is 81.4 Å². The largest absolute Gasteiger partial charge is 0.396 e. The minimum Gasteiger partial charge on any atom is -0.396 e. The SMILES string of the molecule is Cc1ccc2[nH]c(=O)c(CN(CCCO)C(=O)c3ccc(F)cc3)cc2c1. The Morgan fingerprint density at radius 1 is 1.15 bits per heavy atom. The van der Waals surface area contributed by atoms with Gasteiger partial charge >= 0.3 is 0 Å². The molecule has 3 aromatic rings. The number of amides is 1. The van der Waals surface area contributed by atoms with Crippen molar-refractivity contribution >= 4 is 16.8 Å². The molecular weight excluding hydrogens is 347 g/mol. The van der Waals surface area contributed by atoms with Crippen LogP contribution in [0.4, 0.5) is 4.39 Å². The van der Waals surface area contributed by atoms with Gasteiger partial charge in [-0.3, -0.25) is 9.59 Å². The lowest BCUT2D eigenvalue weighted by Crippen LogP contribution is -2.34. The third-order valence-electron chi connectivity index (χ3n) is 4.40. The molecule has 0 bridgehead atoms. The van der Waals surface area contributed by atoms with Crippen LogP contribution in [0.2, 0.25) is 0 Å². The Bertz CT molecular complexity index is 1010. The highest BCUT2D eigenvalue weighted by molar-refractivity contribution is 5.94. The van der Waals surface area contributed by atoms with Crippen molar-refractivity contribution in [3.63, 3.8) is 0 Å². The molecule has 6 heteroatoms. The summed E-state index contributed by atoms with van der Waals surface area (Å²) in [7, 11) is 0. The summed E-state index contributed by atoms with van der Waals surface area (Å²) < 4.78 is 13.1. The van der Waals surface area contributed by atoms with Crippen molar-refractivity contribution in [1.82, 2.24) is 9.88 Å². The van der Waals surface area contributed by atoms with Crippen LogP contribution in [0.5, 0.6) is 0 Å². The molecular formula is C21H21FN2O3. The first-order valence-electron chi connectivity index (χ1n) is 8.76. The van der Waals surface area contributed by atoms with Crippen LogP contribution in [-0.4, -0.2) is 34.0 Å². The van der Waals surface area contributed by atoms with Crippen LogP contribution in [0.15, 0.2) is 53.3 Å². The van der Waals surface area contributed by atoms with Crippen LogP contribution >= 0.6 is 0 Å². The molecule has 0 aliphatic carbocycles. The van der Waals surface area contributed by atoms with Crippen LogP contribution in [0, 0.1) is 12.7 Å². The zero-order valence-electron chi connectivity index (χ0n) is 15.0. The molecule has 0 radical (unpaired) electrons. The Morgan fingerprint density at radius 3 is 2.59 bits per heavy atom. The quantitative estimate of drug-likeness (QED) is 0.702. The molecule has 0 fully saturated rings.